The van der Waals surface area contributed by atoms with Crippen molar-refractivity contribution in [1.29, 1.82) is 0 Å². The number of hydrogen-bond acceptors (Lipinski definition) is 4. The standard InChI is InChI=1S/C30H31F2NO2S/c1-20-3-9-25(28(32)17-20)26-12-16-36-29-18-22(34)6-10-27(29)30(26)21-4-7-23(8-5-21)35-24-11-15-33(19-24)14-2-13-31/h3-10,17-18,24,34H,2,11-16,19H2,1H3/t24-/m0/s1. The largest absolute Gasteiger partial charge is 0.508 e. The summed E-state index contributed by atoms with van der Waals surface area (Å²) < 4.78 is 33.9. The minimum absolute atomic E-state index is 0.102. The predicted molar refractivity (Wildman–Crippen MR) is 143 cm³/mol. The first-order valence-electron chi connectivity index (χ1n) is 12.5. The van der Waals surface area contributed by atoms with E-state index in [-0.39, 0.29) is 24.3 Å². The number of hydrogen-bond donors (Lipinski definition) is 1. The molecule has 0 bridgehead atoms. The van der Waals surface area contributed by atoms with E-state index in [0.717, 1.165) is 70.3 Å². The molecule has 0 aliphatic carbocycles. The van der Waals surface area contributed by atoms with Gasteiger partial charge in [0.2, 0.25) is 0 Å². The van der Waals surface area contributed by atoms with Gasteiger partial charge in [-0.1, -0.05) is 24.3 Å². The average Bonchev–Trinajstić information content (AvgIpc) is 3.22. The number of rotatable bonds is 7. The Morgan fingerprint density at radius 1 is 1.06 bits per heavy atom. The van der Waals surface area contributed by atoms with Crippen molar-refractivity contribution in [2.45, 2.75) is 37.2 Å². The fourth-order valence-corrected chi connectivity index (χ4v) is 6.18. The number of halogens is 2. The van der Waals surface area contributed by atoms with Crippen LogP contribution in [0.2, 0.25) is 0 Å². The van der Waals surface area contributed by atoms with Crippen LogP contribution in [0.1, 0.15) is 41.5 Å². The molecular formula is C30H31F2NO2S. The summed E-state index contributed by atoms with van der Waals surface area (Å²) in [7, 11) is 0. The number of aryl methyl sites for hydroxylation is 1. The Hall–Kier alpha value is -2.83. The molecule has 0 saturated carbocycles. The van der Waals surface area contributed by atoms with E-state index in [9.17, 15) is 9.50 Å². The van der Waals surface area contributed by atoms with Crippen LogP contribution in [0.15, 0.2) is 65.6 Å². The number of ether oxygens (including phenoxy) is 1. The molecule has 3 nitrogen and oxygen atoms in total. The molecule has 0 amide bonds. The molecule has 0 unspecified atom stereocenters. The summed E-state index contributed by atoms with van der Waals surface area (Å²) >= 11 is 1.68. The van der Waals surface area contributed by atoms with Crippen LogP contribution in [0.4, 0.5) is 8.78 Å². The van der Waals surface area contributed by atoms with Gasteiger partial charge in [0.25, 0.3) is 0 Å². The zero-order valence-corrected chi connectivity index (χ0v) is 21.3. The molecule has 0 spiro atoms. The maximum atomic E-state index is 15.2. The van der Waals surface area contributed by atoms with E-state index in [1.165, 1.54) is 0 Å². The summed E-state index contributed by atoms with van der Waals surface area (Å²) in [6.45, 7) is 4.14. The van der Waals surface area contributed by atoms with E-state index >= 15 is 4.39 Å². The van der Waals surface area contributed by atoms with E-state index in [2.05, 4.69) is 4.90 Å². The summed E-state index contributed by atoms with van der Waals surface area (Å²) in [5, 5.41) is 10.1. The Labute approximate surface area is 215 Å². The molecule has 5 rings (SSSR count). The number of nitrogens with zero attached hydrogens (tertiary/aromatic N) is 1. The third-order valence-corrected chi connectivity index (χ3v) is 7.94. The summed E-state index contributed by atoms with van der Waals surface area (Å²) in [6.07, 6.45) is 2.32. The second-order valence-electron chi connectivity index (χ2n) is 9.51. The zero-order valence-electron chi connectivity index (χ0n) is 20.5. The number of fused-ring (bicyclic) bond motifs is 1. The van der Waals surface area contributed by atoms with Gasteiger partial charge in [-0.25, -0.2) is 4.39 Å². The number of phenolic OH excluding ortho intramolecular Hbond substituents is 1. The molecule has 3 aromatic carbocycles. The van der Waals surface area contributed by atoms with Gasteiger partial charge < -0.3 is 9.84 Å². The molecule has 2 aliphatic rings. The van der Waals surface area contributed by atoms with Crippen LogP contribution in [0.5, 0.6) is 11.5 Å². The highest BCUT2D eigenvalue weighted by Crippen LogP contribution is 2.44. The first-order chi connectivity index (χ1) is 17.5. The van der Waals surface area contributed by atoms with Crippen molar-refractivity contribution in [2.24, 2.45) is 0 Å². The molecule has 1 saturated heterocycles. The molecule has 36 heavy (non-hydrogen) atoms. The molecule has 1 N–H and O–H groups in total. The predicted octanol–water partition coefficient (Wildman–Crippen LogP) is 7.11. The van der Waals surface area contributed by atoms with Gasteiger partial charge in [0, 0.05) is 35.8 Å². The van der Waals surface area contributed by atoms with Crippen LogP contribution >= 0.6 is 11.8 Å². The van der Waals surface area contributed by atoms with Crippen LogP contribution in [0, 0.1) is 12.7 Å². The third-order valence-electron chi connectivity index (χ3n) is 6.88. The molecule has 6 heteroatoms. The van der Waals surface area contributed by atoms with Crippen molar-refractivity contribution in [3.05, 3.63) is 88.7 Å². The maximum absolute atomic E-state index is 15.2. The molecule has 2 heterocycles. The van der Waals surface area contributed by atoms with Crippen LogP contribution in [-0.4, -0.2) is 48.2 Å². The maximum Gasteiger partial charge on any atom is 0.130 e. The van der Waals surface area contributed by atoms with Crippen LogP contribution in [-0.2, 0) is 0 Å². The number of thioether (sulfide) groups is 1. The highest BCUT2D eigenvalue weighted by atomic mass is 32.2. The summed E-state index contributed by atoms with van der Waals surface area (Å²) in [5.74, 6) is 1.61. The fraction of sp³-hybridized carbons (Fsp3) is 0.333. The zero-order chi connectivity index (χ0) is 25.1. The summed E-state index contributed by atoms with van der Waals surface area (Å²) in [6, 6.07) is 18.9. The molecule has 0 aromatic heterocycles. The molecule has 2 aliphatic heterocycles. The van der Waals surface area contributed by atoms with Gasteiger partial charge >= 0.3 is 0 Å². The van der Waals surface area contributed by atoms with Gasteiger partial charge in [-0.15, -0.1) is 11.8 Å². The van der Waals surface area contributed by atoms with Crippen molar-refractivity contribution in [2.75, 3.05) is 32.1 Å². The van der Waals surface area contributed by atoms with E-state index in [1.807, 2.05) is 49.4 Å². The summed E-state index contributed by atoms with van der Waals surface area (Å²) in [4.78, 5) is 3.24. The second kappa shape index (κ2) is 11.1. The Morgan fingerprint density at radius 2 is 1.86 bits per heavy atom. The number of phenols is 1. The number of alkyl halides is 1. The summed E-state index contributed by atoms with van der Waals surface area (Å²) in [5.41, 5.74) is 5.46. The van der Waals surface area contributed by atoms with Crippen LogP contribution in [0.3, 0.4) is 0 Å². The second-order valence-corrected chi connectivity index (χ2v) is 10.6. The van der Waals surface area contributed by atoms with E-state index < -0.39 is 0 Å². The van der Waals surface area contributed by atoms with Crippen molar-refractivity contribution in [3.63, 3.8) is 0 Å². The molecule has 1 atom stereocenters. The van der Waals surface area contributed by atoms with Gasteiger partial charge in [0.15, 0.2) is 0 Å². The number of allylic oxidation sites excluding steroid dienone is 1. The van der Waals surface area contributed by atoms with Crippen LogP contribution in [0.25, 0.3) is 11.1 Å². The van der Waals surface area contributed by atoms with E-state index in [0.29, 0.717) is 18.4 Å². The monoisotopic (exact) mass is 507 g/mol. The Bertz CT molecular complexity index is 1260. The lowest BCUT2D eigenvalue weighted by molar-refractivity contribution is 0.198. The Morgan fingerprint density at radius 3 is 2.64 bits per heavy atom. The lowest BCUT2D eigenvalue weighted by Crippen LogP contribution is -2.26. The molecule has 3 aromatic rings. The number of aromatic hydroxyl groups is 1. The normalized spacial score (nSPS) is 18.2. The Balaban J connectivity index is 1.49. The van der Waals surface area contributed by atoms with Gasteiger partial charge in [0.1, 0.15) is 23.4 Å². The van der Waals surface area contributed by atoms with Gasteiger partial charge in [-0.3, -0.25) is 9.29 Å². The minimum Gasteiger partial charge on any atom is -0.508 e. The Kier molecular flexibility index (Phi) is 7.63. The lowest BCUT2D eigenvalue weighted by Gasteiger charge is -2.19. The topological polar surface area (TPSA) is 32.7 Å². The van der Waals surface area contributed by atoms with E-state index in [4.69, 9.17) is 4.74 Å². The first kappa shape index (κ1) is 24.8. The lowest BCUT2D eigenvalue weighted by atomic mass is 9.87. The van der Waals surface area contributed by atoms with Gasteiger partial charge in [-0.2, -0.15) is 0 Å². The van der Waals surface area contributed by atoms with Gasteiger partial charge in [-0.05, 0) is 90.4 Å². The van der Waals surface area contributed by atoms with Crippen molar-refractivity contribution in [3.8, 4) is 11.5 Å². The average molecular weight is 508 g/mol. The van der Waals surface area contributed by atoms with Crippen molar-refractivity contribution < 1.29 is 18.6 Å². The molecule has 188 valence electrons. The first-order valence-corrected chi connectivity index (χ1v) is 13.5. The molecular weight excluding hydrogens is 476 g/mol. The fourth-order valence-electron chi connectivity index (χ4n) is 5.12. The quantitative estimate of drug-likeness (QED) is 0.370. The number of likely N-dealkylation sites (tertiary alicyclic amines) is 1. The minimum atomic E-state index is -0.283. The highest BCUT2D eigenvalue weighted by Gasteiger charge is 2.25. The van der Waals surface area contributed by atoms with E-state index in [1.54, 1.807) is 30.0 Å². The van der Waals surface area contributed by atoms with Gasteiger partial charge in [0.05, 0.1) is 6.67 Å². The highest BCUT2D eigenvalue weighted by molar-refractivity contribution is 7.99. The molecule has 1 fully saturated rings. The molecule has 0 radical (unpaired) electrons. The van der Waals surface area contributed by atoms with Crippen molar-refractivity contribution in [1.82, 2.24) is 4.90 Å². The number of benzene rings is 3. The smallest absolute Gasteiger partial charge is 0.130 e. The van der Waals surface area contributed by atoms with Crippen LogP contribution < -0.4 is 4.74 Å². The SMILES string of the molecule is Cc1ccc(C2=C(c3ccc(O[C@H]4CCN(CCCF)C4)cc3)c3ccc(O)cc3SCC2)c(F)c1. The third kappa shape index (κ3) is 5.45. The van der Waals surface area contributed by atoms with Crippen molar-refractivity contribution >= 4 is 22.9 Å².